The summed E-state index contributed by atoms with van der Waals surface area (Å²) in [6.07, 6.45) is 2.08. The standard InChI is InChI=1S/C14H16ClF2N5O/c1-8-14(23-7-12(16)17)21-5-9(22-8)4-19-6-10-11(18)2-3-20-13(10)15/h2-3,6,12,18-19,21H,4-5,7H2,1H3/b10-6+,18-11?. The van der Waals surface area contributed by atoms with Crippen molar-refractivity contribution in [2.24, 2.45) is 9.98 Å². The van der Waals surface area contributed by atoms with Crippen LogP contribution < -0.4 is 10.6 Å². The third-order valence-corrected chi connectivity index (χ3v) is 3.26. The molecule has 2 rings (SSSR count). The van der Waals surface area contributed by atoms with Gasteiger partial charge in [-0.3, -0.25) is 4.99 Å². The first-order chi connectivity index (χ1) is 11.0. The van der Waals surface area contributed by atoms with Gasteiger partial charge in [0.15, 0.2) is 6.61 Å². The second kappa shape index (κ2) is 7.87. The van der Waals surface area contributed by atoms with E-state index in [0.29, 0.717) is 24.4 Å². The van der Waals surface area contributed by atoms with Crippen LogP contribution in [0.15, 0.2) is 45.6 Å². The summed E-state index contributed by atoms with van der Waals surface area (Å²) in [4.78, 5) is 8.21. The maximum absolute atomic E-state index is 12.1. The average molecular weight is 344 g/mol. The topological polar surface area (TPSA) is 81.9 Å². The van der Waals surface area contributed by atoms with Gasteiger partial charge >= 0.3 is 0 Å². The van der Waals surface area contributed by atoms with E-state index in [1.54, 1.807) is 19.2 Å². The van der Waals surface area contributed by atoms with Crippen LogP contribution in [0.4, 0.5) is 8.78 Å². The Morgan fingerprint density at radius 1 is 1.57 bits per heavy atom. The number of alkyl halides is 2. The highest BCUT2D eigenvalue weighted by molar-refractivity contribution is 6.73. The molecule has 2 aliphatic rings. The van der Waals surface area contributed by atoms with Crippen molar-refractivity contribution >= 4 is 28.2 Å². The zero-order valence-corrected chi connectivity index (χ0v) is 13.1. The van der Waals surface area contributed by atoms with Gasteiger partial charge in [-0.15, -0.1) is 0 Å². The Hall–Kier alpha value is -2.22. The molecule has 0 saturated carbocycles. The smallest absolute Gasteiger partial charge is 0.272 e. The number of rotatable bonds is 6. The quantitative estimate of drug-likeness (QED) is 0.691. The molecule has 0 unspecified atom stereocenters. The largest absolute Gasteiger partial charge is 0.472 e. The molecule has 0 fully saturated rings. The summed E-state index contributed by atoms with van der Waals surface area (Å²) in [5, 5.41) is 13.9. The molecule has 0 saturated heterocycles. The van der Waals surface area contributed by atoms with Crippen molar-refractivity contribution in [3.8, 4) is 0 Å². The summed E-state index contributed by atoms with van der Waals surface area (Å²) in [6, 6.07) is 0. The normalized spacial score (nSPS) is 19.7. The van der Waals surface area contributed by atoms with Crippen LogP contribution in [-0.2, 0) is 4.74 Å². The van der Waals surface area contributed by atoms with Gasteiger partial charge in [0.1, 0.15) is 5.17 Å². The SMILES string of the molecule is CC1=C(OCC(F)F)NCC(CN/C=C2\C(=N)C=CN=C2Cl)=N1. The van der Waals surface area contributed by atoms with E-state index in [-0.39, 0.29) is 16.8 Å². The monoisotopic (exact) mass is 343 g/mol. The Morgan fingerprint density at radius 2 is 2.35 bits per heavy atom. The molecule has 0 amide bonds. The second-order valence-corrected chi connectivity index (χ2v) is 5.09. The maximum atomic E-state index is 12.1. The minimum absolute atomic E-state index is 0.243. The first-order valence-corrected chi connectivity index (χ1v) is 7.20. The lowest BCUT2D eigenvalue weighted by Gasteiger charge is -2.20. The number of hydrogen-bond acceptors (Lipinski definition) is 6. The molecule has 0 bridgehead atoms. The van der Waals surface area contributed by atoms with Crippen molar-refractivity contribution in [2.45, 2.75) is 13.3 Å². The van der Waals surface area contributed by atoms with E-state index < -0.39 is 13.0 Å². The molecule has 0 aromatic heterocycles. The summed E-state index contributed by atoms with van der Waals surface area (Å²) < 4.78 is 29.2. The van der Waals surface area contributed by atoms with Gasteiger partial charge in [0.05, 0.1) is 35.8 Å². The highest BCUT2D eigenvalue weighted by Gasteiger charge is 2.15. The number of nitrogens with zero attached hydrogens (tertiary/aromatic N) is 2. The van der Waals surface area contributed by atoms with Gasteiger partial charge < -0.3 is 20.8 Å². The summed E-state index contributed by atoms with van der Waals surface area (Å²) in [5.41, 5.74) is 2.04. The Bertz CT molecular complexity index is 637. The van der Waals surface area contributed by atoms with Gasteiger partial charge in [-0.2, -0.15) is 0 Å². The van der Waals surface area contributed by atoms with Crippen molar-refractivity contribution in [2.75, 3.05) is 19.7 Å². The number of allylic oxidation sites excluding steroid dienone is 3. The lowest BCUT2D eigenvalue weighted by atomic mass is 10.1. The molecule has 6 nitrogen and oxygen atoms in total. The molecule has 0 aromatic carbocycles. The van der Waals surface area contributed by atoms with E-state index in [1.165, 1.54) is 6.20 Å². The lowest BCUT2D eigenvalue weighted by molar-refractivity contribution is 0.0418. The average Bonchev–Trinajstić information content (AvgIpc) is 2.49. The van der Waals surface area contributed by atoms with Crippen LogP contribution in [0.3, 0.4) is 0 Å². The van der Waals surface area contributed by atoms with Crippen LogP contribution >= 0.6 is 11.6 Å². The van der Waals surface area contributed by atoms with Crippen LogP contribution in [0.5, 0.6) is 0 Å². The van der Waals surface area contributed by atoms with Gasteiger partial charge in [0.2, 0.25) is 5.88 Å². The fourth-order valence-corrected chi connectivity index (χ4v) is 2.11. The van der Waals surface area contributed by atoms with Crippen molar-refractivity contribution < 1.29 is 13.5 Å². The fraction of sp³-hybridized carbons (Fsp3) is 0.357. The fourth-order valence-electron chi connectivity index (χ4n) is 1.90. The molecular weight excluding hydrogens is 328 g/mol. The van der Waals surface area contributed by atoms with Crippen molar-refractivity contribution in [3.63, 3.8) is 0 Å². The molecule has 124 valence electrons. The van der Waals surface area contributed by atoms with E-state index >= 15 is 0 Å². The van der Waals surface area contributed by atoms with Crippen LogP contribution in [0.25, 0.3) is 0 Å². The first kappa shape index (κ1) is 17.1. The van der Waals surface area contributed by atoms with Gasteiger partial charge in [-0.25, -0.2) is 13.8 Å². The third-order valence-electron chi connectivity index (χ3n) is 2.96. The van der Waals surface area contributed by atoms with Crippen LogP contribution in [0, 0.1) is 5.41 Å². The molecule has 2 aliphatic heterocycles. The Labute approximate surface area is 137 Å². The van der Waals surface area contributed by atoms with E-state index in [0.717, 1.165) is 5.71 Å². The van der Waals surface area contributed by atoms with Crippen LogP contribution in [0.2, 0.25) is 0 Å². The van der Waals surface area contributed by atoms with E-state index in [1.807, 2.05) is 0 Å². The Morgan fingerprint density at radius 3 is 3.00 bits per heavy atom. The molecule has 0 spiro atoms. The Balaban J connectivity index is 1.92. The highest BCUT2D eigenvalue weighted by Crippen LogP contribution is 2.12. The van der Waals surface area contributed by atoms with Crippen molar-refractivity contribution in [1.29, 1.82) is 5.41 Å². The van der Waals surface area contributed by atoms with Gasteiger partial charge in [0.25, 0.3) is 6.43 Å². The molecule has 23 heavy (non-hydrogen) atoms. The number of ether oxygens (including phenoxy) is 1. The predicted octanol–water partition coefficient (Wildman–Crippen LogP) is 2.16. The lowest BCUT2D eigenvalue weighted by Crippen LogP contribution is -2.34. The first-order valence-electron chi connectivity index (χ1n) is 6.82. The predicted molar refractivity (Wildman–Crippen MR) is 86.3 cm³/mol. The van der Waals surface area contributed by atoms with Crippen molar-refractivity contribution in [1.82, 2.24) is 10.6 Å². The summed E-state index contributed by atoms with van der Waals surface area (Å²) in [5.74, 6) is 0.266. The molecule has 9 heteroatoms. The third kappa shape index (κ3) is 4.88. The molecule has 0 aromatic rings. The number of nitrogens with one attached hydrogen (secondary N) is 3. The summed E-state index contributed by atoms with van der Waals surface area (Å²) >= 11 is 5.92. The van der Waals surface area contributed by atoms with Gasteiger partial charge in [-0.1, -0.05) is 11.6 Å². The molecular formula is C14H16ClF2N5O. The molecule has 0 aliphatic carbocycles. The van der Waals surface area contributed by atoms with Crippen LogP contribution in [-0.4, -0.2) is 42.7 Å². The van der Waals surface area contributed by atoms with Gasteiger partial charge in [-0.05, 0) is 13.0 Å². The minimum atomic E-state index is -2.53. The maximum Gasteiger partial charge on any atom is 0.272 e. The number of aliphatic imine (C=N–C) groups is 2. The van der Waals surface area contributed by atoms with Gasteiger partial charge in [0, 0.05) is 12.4 Å². The van der Waals surface area contributed by atoms with E-state index in [4.69, 9.17) is 21.7 Å². The molecule has 0 radical (unpaired) electrons. The Kier molecular flexibility index (Phi) is 5.86. The summed E-state index contributed by atoms with van der Waals surface area (Å²) in [7, 11) is 0. The van der Waals surface area contributed by atoms with Crippen LogP contribution in [0.1, 0.15) is 6.92 Å². The molecule has 3 N–H and O–H groups in total. The van der Waals surface area contributed by atoms with Crippen molar-refractivity contribution in [3.05, 3.63) is 35.6 Å². The minimum Gasteiger partial charge on any atom is -0.472 e. The second-order valence-electron chi connectivity index (χ2n) is 4.74. The number of hydrogen-bond donors (Lipinski definition) is 3. The number of halogens is 3. The van der Waals surface area contributed by atoms with E-state index in [2.05, 4.69) is 20.6 Å². The molecule has 0 atom stereocenters. The highest BCUT2D eigenvalue weighted by atomic mass is 35.5. The molecule has 2 heterocycles. The summed E-state index contributed by atoms with van der Waals surface area (Å²) in [6.45, 7) is 1.81. The zero-order chi connectivity index (χ0) is 16.8. The van der Waals surface area contributed by atoms with E-state index in [9.17, 15) is 8.78 Å². The zero-order valence-electron chi connectivity index (χ0n) is 12.4.